The highest BCUT2D eigenvalue weighted by atomic mass is 16.5. The topological polar surface area (TPSA) is 60.2 Å². The maximum Gasteiger partial charge on any atom is 0.119 e. The molecule has 1 N–H and O–H groups in total. The molecule has 0 saturated carbocycles. The van der Waals surface area contributed by atoms with Crippen molar-refractivity contribution in [2.75, 3.05) is 7.11 Å². The van der Waals surface area contributed by atoms with Crippen LogP contribution in [0.1, 0.15) is 11.7 Å². The van der Waals surface area contributed by atoms with Crippen molar-refractivity contribution in [1.82, 2.24) is 15.0 Å². The second kappa shape index (κ2) is 6.41. The zero-order valence-corrected chi connectivity index (χ0v) is 12.3. The van der Waals surface area contributed by atoms with Gasteiger partial charge in [0.05, 0.1) is 26.0 Å². The Morgan fingerprint density at radius 3 is 2.73 bits per heavy atom. The minimum Gasteiger partial charge on any atom is -0.497 e. The minimum atomic E-state index is -0.666. The van der Waals surface area contributed by atoms with Crippen molar-refractivity contribution in [2.45, 2.75) is 12.6 Å². The van der Waals surface area contributed by atoms with Crippen LogP contribution in [0.15, 0.2) is 60.8 Å². The Kier molecular flexibility index (Phi) is 4.16. The maximum atomic E-state index is 10.3. The van der Waals surface area contributed by atoms with Crippen molar-refractivity contribution in [1.29, 1.82) is 0 Å². The average Bonchev–Trinajstić information content (AvgIpc) is 3.04. The molecule has 22 heavy (non-hydrogen) atoms. The molecule has 5 heteroatoms. The summed E-state index contributed by atoms with van der Waals surface area (Å²) in [5.41, 5.74) is 2.58. The normalized spacial score (nSPS) is 12.1. The van der Waals surface area contributed by atoms with Gasteiger partial charge in [0.25, 0.3) is 0 Å². The second-order valence-electron chi connectivity index (χ2n) is 4.98. The fourth-order valence-electron chi connectivity index (χ4n) is 2.26. The summed E-state index contributed by atoms with van der Waals surface area (Å²) in [7, 11) is 1.61. The first kappa shape index (κ1) is 14.3. The predicted molar refractivity (Wildman–Crippen MR) is 83.4 cm³/mol. The molecule has 112 valence electrons. The number of methoxy groups -OCH3 is 1. The molecule has 3 rings (SSSR count). The first-order valence-corrected chi connectivity index (χ1v) is 7.04. The Hall–Kier alpha value is -2.66. The van der Waals surface area contributed by atoms with E-state index >= 15 is 0 Å². The van der Waals surface area contributed by atoms with Gasteiger partial charge in [0, 0.05) is 5.56 Å². The van der Waals surface area contributed by atoms with E-state index in [4.69, 9.17) is 4.74 Å². The molecule has 1 heterocycles. The summed E-state index contributed by atoms with van der Waals surface area (Å²) in [4.78, 5) is 0. The average molecular weight is 295 g/mol. The van der Waals surface area contributed by atoms with Crippen LogP contribution in [0.4, 0.5) is 0 Å². The molecule has 0 spiro atoms. The molecule has 0 saturated heterocycles. The van der Waals surface area contributed by atoms with Crippen LogP contribution in [0.2, 0.25) is 0 Å². The maximum absolute atomic E-state index is 10.3. The molecule has 0 bridgehead atoms. The lowest BCUT2D eigenvalue weighted by Gasteiger charge is -2.11. The Bertz CT molecular complexity index is 740. The zero-order chi connectivity index (χ0) is 15.4. The summed E-state index contributed by atoms with van der Waals surface area (Å²) < 4.78 is 6.82. The van der Waals surface area contributed by atoms with E-state index in [0.717, 1.165) is 22.6 Å². The fraction of sp³-hybridized carbons (Fsp3) is 0.176. The second-order valence-corrected chi connectivity index (χ2v) is 4.98. The molecule has 0 radical (unpaired) electrons. The van der Waals surface area contributed by atoms with Crippen LogP contribution in [0.5, 0.6) is 5.75 Å². The predicted octanol–water partition coefficient (Wildman–Crippen LogP) is 2.69. The van der Waals surface area contributed by atoms with Crippen molar-refractivity contribution < 1.29 is 9.84 Å². The van der Waals surface area contributed by atoms with Crippen LogP contribution in [0, 0.1) is 0 Å². The van der Waals surface area contributed by atoms with Crippen molar-refractivity contribution >= 4 is 0 Å². The lowest BCUT2D eigenvalue weighted by atomic mass is 10.1. The van der Waals surface area contributed by atoms with Gasteiger partial charge in [0.15, 0.2) is 0 Å². The Balaban J connectivity index is 1.74. The van der Waals surface area contributed by atoms with Gasteiger partial charge in [0.1, 0.15) is 11.4 Å². The fourth-order valence-corrected chi connectivity index (χ4v) is 2.26. The number of nitrogens with zero attached hydrogens (tertiary/aromatic N) is 3. The summed E-state index contributed by atoms with van der Waals surface area (Å²) in [6, 6.07) is 17.2. The number of aromatic nitrogens is 3. The van der Waals surface area contributed by atoms with Crippen LogP contribution < -0.4 is 4.74 Å². The molecular formula is C17H17N3O2. The highest BCUT2D eigenvalue weighted by molar-refractivity contribution is 5.57. The number of rotatable bonds is 5. The van der Waals surface area contributed by atoms with Gasteiger partial charge >= 0.3 is 0 Å². The van der Waals surface area contributed by atoms with Crippen LogP contribution >= 0.6 is 0 Å². The third-order valence-corrected chi connectivity index (χ3v) is 3.45. The molecule has 0 amide bonds. The van der Waals surface area contributed by atoms with Crippen molar-refractivity contribution in [3.63, 3.8) is 0 Å². The summed E-state index contributed by atoms with van der Waals surface area (Å²) in [5, 5.41) is 18.5. The number of benzene rings is 2. The van der Waals surface area contributed by atoms with Gasteiger partial charge in [0.2, 0.25) is 0 Å². The van der Waals surface area contributed by atoms with Gasteiger partial charge in [-0.3, -0.25) is 0 Å². The Morgan fingerprint density at radius 1 is 1.14 bits per heavy atom. The molecule has 0 fully saturated rings. The summed E-state index contributed by atoms with van der Waals surface area (Å²) in [5.74, 6) is 0.722. The van der Waals surface area contributed by atoms with Crippen LogP contribution in [-0.4, -0.2) is 27.2 Å². The number of hydrogen-bond acceptors (Lipinski definition) is 4. The van der Waals surface area contributed by atoms with Gasteiger partial charge in [-0.05, 0) is 17.7 Å². The van der Waals surface area contributed by atoms with E-state index in [2.05, 4.69) is 10.3 Å². The molecule has 0 aliphatic carbocycles. The first-order valence-electron chi connectivity index (χ1n) is 7.04. The van der Waals surface area contributed by atoms with E-state index < -0.39 is 6.10 Å². The van der Waals surface area contributed by atoms with Gasteiger partial charge in [-0.25, -0.2) is 4.68 Å². The third-order valence-electron chi connectivity index (χ3n) is 3.45. The molecule has 2 aromatic carbocycles. The van der Waals surface area contributed by atoms with Gasteiger partial charge in [-0.2, -0.15) is 0 Å². The summed E-state index contributed by atoms with van der Waals surface area (Å²) >= 11 is 0. The lowest BCUT2D eigenvalue weighted by Crippen LogP contribution is -2.09. The number of aliphatic hydroxyl groups is 1. The smallest absolute Gasteiger partial charge is 0.119 e. The van der Waals surface area contributed by atoms with E-state index in [1.165, 1.54) is 0 Å². The monoisotopic (exact) mass is 295 g/mol. The first-order chi connectivity index (χ1) is 10.8. The largest absolute Gasteiger partial charge is 0.497 e. The molecule has 0 aliphatic heterocycles. The van der Waals surface area contributed by atoms with E-state index in [1.807, 2.05) is 60.8 Å². The highest BCUT2D eigenvalue weighted by Crippen LogP contribution is 2.21. The third kappa shape index (κ3) is 3.15. The quantitative estimate of drug-likeness (QED) is 0.786. The summed E-state index contributed by atoms with van der Waals surface area (Å²) in [6.07, 6.45) is 1.17. The van der Waals surface area contributed by atoms with Crippen molar-refractivity contribution in [2.24, 2.45) is 0 Å². The van der Waals surface area contributed by atoms with E-state index in [9.17, 15) is 5.11 Å². The van der Waals surface area contributed by atoms with E-state index in [-0.39, 0.29) is 0 Å². The van der Waals surface area contributed by atoms with Crippen molar-refractivity contribution in [3.05, 3.63) is 66.4 Å². The minimum absolute atomic E-state index is 0.340. The Morgan fingerprint density at radius 2 is 1.95 bits per heavy atom. The number of aliphatic hydroxyl groups excluding tert-OH is 1. The number of ether oxygens (including phenoxy) is 1. The standard InChI is InChI=1S/C17H17N3O2/c1-22-15-9-5-8-14(10-15)17(21)12-20-11-16(18-19-20)13-6-3-2-4-7-13/h2-11,17,21H,12H2,1H3/t17-/m1/s1. The van der Waals surface area contributed by atoms with Crippen LogP contribution in [-0.2, 0) is 6.54 Å². The van der Waals surface area contributed by atoms with E-state index in [1.54, 1.807) is 11.8 Å². The van der Waals surface area contributed by atoms with Crippen LogP contribution in [0.25, 0.3) is 11.3 Å². The van der Waals surface area contributed by atoms with Crippen molar-refractivity contribution in [3.8, 4) is 17.0 Å². The lowest BCUT2D eigenvalue weighted by molar-refractivity contribution is 0.150. The molecule has 0 aliphatic rings. The van der Waals surface area contributed by atoms with Crippen LogP contribution in [0.3, 0.4) is 0 Å². The zero-order valence-electron chi connectivity index (χ0n) is 12.3. The molecule has 1 atom stereocenters. The van der Waals surface area contributed by atoms with Gasteiger partial charge in [-0.15, -0.1) is 5.10 Å². The molecule has 1 aromatic heterocycles. The molecule has 0 unspecified atom stereocenters. The molecule has 5 nitrogen and oxygen atoms in total. The molecule has 3 aromatic rings. The van der Waals surface area contributed by atoms with Gasteiger partial charge < -0.3 is 9.84 Å². The molecular weight excluding hydrogens is 278 g/mol. The Labute approximate surface area is 128 Å². The SMILES string of the molecule is COc1cccc([C@H](O)Cn2cc(-c3ccccc3)nn2)c1. The highest BCUT2D eigenvalue weighted by Gasteiger charge is 2.11. The van der Waals surface area contributed by atoms with Gasteiger partial charge in [-0.1, -0.05) is 47.7 Å². The number of hydrogen-bond donors (Lipinski definition) is 1. The van der Waals surface area contributed by atoms with E-state index in [0.29, 0.717) is 6.54 Å². The summed E-state index contributed by atoms with van der Waals surface area (Å²) in [6.45, 7) is 0.340.